The minimum Gasteiger partial charge on any atom is -0.545 e. The molecule has 9 heteroatoms. The van der Waals surface area contributed by atoms with Gasteiger partial charge in [-0.2, -0.15) is 0 Å². The van der Waals surface area contributed by atoms with Crippen molar-refractivity contribution in [2.24, 2.45) is 0 Å². The van der Waals surface area contributed by atoms with Gasteiger partial charge in [-0.1, -0.05) is 255 Å². The van der Waals surface area contributed by atoms with E-state index in [9.17, 15) is 19.5 Å². The first-order chi connectivity index (χ1) is 41.6. The topological polar surface area (TPSA) is 111 Å². The Morgan fingerprint density at radius 2 is 0.671 bits per heavy atom. The smallest absolute Gasteiger partial charge is 0.306 e. The number of likely N-dealkylation sites (N-methyl/N-ethyl adjacent to an activating group) is 1. The SMILES string of the molecule is CC/C=C\C/C=C\C/C=C\C/C=C\C/C=C\C/C=C\C/C=C\C/C=C\C/C=C\C/C=C\C/C=C\C/C=C\CCCCC(=O)OC(COC(=O)CCCCCCCCCCC/C=C\C/C=C\CCCCCCC)COC(OCC[N+](C)(C)C)C(=O)[O-]. The van der Waals surface area contributed by atoms with Crippen LogP contribution in [0.2, 0.25) is 0 Å². The van der Waals surface area contributed by atoms with Crippen molar-refractivity contribution in [3.8, 4) is 0 Å². The molecule has 0 aliphatic carbocycles. The molecule has 9 nitrogen and oxygen atoms in total. The molecule has 0 N–H and O–H groups in total. The Bertz CT molecular complexity index is 2000. The quantitative estimate of drug-likeness (QED) is 0.0195. The summed E-state index contributed by atoms with van der Waals surface area (Å²) in [5.74, 6) is -2.37. The van der Waals surface area contributed by atoms with Crippen LogP contribution in [0.25, 0.3) is 0 Å². The van der Waals surface area contributed by atoms with Gasteiger partial charge in [0.2, 0.25) is 0 Å². The molecule has 0 fully saturated rings. The van der Waals surface area contributed by atoms with E-state index >= 15 is 0 Å². The van der Waals surface area contributed by atoms with Crippen molar-refractivity contribution < 1.29 is 42.9 Å². The fraction of sp³-hybridized carbons (Fsp3) is 0.592. The molecule has 0 rings (SSSR count). The van der Waals surface area contributed by atoms with Crippen molar-refractivity contribution in [2.45, 2.75) is 245 Å². The highest BCUT2D eigenvalue weighted by atomic mass is 16.7. The maximum absolute atomic E-state index is 12.9. The molecule has 0 saturated carbocycles. The van der Waals surface area contributed by atoms with Crippen molar-refractivity contribution in [2.75, 3.05) is 47.5 Å². The summed E-state index contributed by atoms with van der Waals surface area (Å²) in [5, 5.41) is 11.8. The second-order valence-electron chi connectivity index (χ2n) is 22.7. The molecule has 0 aromatic carbocycles. The number of carbonyl (C=O) groups is 3. The summed E-state index contributed by atoms with van der Waals surface area (Å²) in [4.78, 5) is 37.4. The van der Waals surface area contributed by atoms with Gasteiger partial charge in [-0.15, -0.1) is 0 Å². The molecule has 0 aliphatic rings. The van der Waals surface area contributed by atoms with E-state index in [0.717, 1.165) is 128 Å². The van der Waals surface area contributed by atoms with E-state index in [2.05, 4.69) is 184 Å². The van der Waals surface area contributed by atoms with Crippen molar-refractivity contribution in [1.29, 1.82) is 0 Å². The van der Waals surface area contributed by atoms with E-state index in [0.29, 0.717) is 17.4 Å². The maximum Gasteiger partial charge on any atom is 0.306 e. The van der Waals surface area contributed by atoms with E-state index in [1.807, 2.05) is 21.1 Å². The Morgan fingerprint density at radius 3 is 1.02 bits per heavy atom. The predicted molar refractivity (Wildman–Crippen MR) is 361 cm³/mol. The number of carboxylic acid groups (broad SMARTS) is 1. The van der Waals surface area contributed by atoms with E-state index < -0.39 is 24.3 Å². The van der Waals surface area contributed by atoms with Crippen LogP contribution in [0.1, 0.15) is 232 Å². The summed E-state index contributed by atoms with van der Waals surface area (Å²) in [5.41, 5.74) is 0. The van der Waals surface area contributed by atoms with E-state index in [1.165, 1.54) is 70.6 Å². The fourth-order valence-electron chi connectivity index (χ4n) is 8.37. The van der Waals surface area contributed by atoms with E-state index in [-0.39, 0.29) is 38.6 Å². The predicted octanol–water partition coefficient (Wildman–Crippen LogP) is 19.3. The highest BCUT2D eigenvalue weighted by molar-refractivity contribution is 5.70. The molecule has 2 unspecified atom stereocenters. The van der Waals surface area contributed by atoms with Gasteiger partial charge in [0.1, 0.15) is 13.2 Å². The maximum atomic E-state index is 12.9. The van der Waals surface area contributed by atoms with Gasteiger partial charge >= 0.3 is 11.9 Å². The Labute approximate surface area is 520 Å². The summed E-state index contributed by atoms with van der Waals surface area (Å²) in [6.45, 7) is 4.55. The zero-order valence-electron chi connectivity index (χ0n) is 54.4. The van der Waals surface area contributed by atoms with Crippen LogP contribution in [-0.4, -0.2) is 82.3 Å². The van der Waals surface area contributed by atoms with Crippen LogP contribution in [0.5, 0.6) is 0 Å². The molecule has 0 aliphatic heterocycles. The monoisotopic (exact) mass is 1180 g/mol. The average molecular weight is 1180 g/mol. The number of hydrogen-bond acceptors (Lipinski definition) is 8. The number of ether oxygens (including phenoxy) is 4. The lowest BCUT2D eigenvalue weighted by atomic mass is 10.1. The van der Waals surface area contributed by atoms with Gasteiger partial charge in [-0.25, -0.2) is 0 Å². The molecule has 0 saturated heterocycles. The third-order valence-corrected chi connectivity index (χ3v) is 13.4. The standard InChI is InChI=1S/C76H121NO8/c1-6-8-10-12-14-16-18-20-22-24-26-28-29-30-31-32-33-34-35-36-37-38-39-40-41-42-43-44-45-47-49-51-53-55-57-59-61-63-65-67-74(79)85-72(71-84-76(75(80)81)82-69-68-77(3,4)5)70-83-73(78)66-64-62-60-58-56-54-52-50-48-46-27-25-23-21-19-17-15-13-11-9-7-2/h8,10,14,16,19-22,25-28,30-31,33-34,36-37,39-40,42-43,45,47,51,53,57,59,72,76H,6-7,9,11-13,15,17-18,23-24,29,32,35,38,41,44,46,48-50,52,54-56,58,60-71H2,1-5H3/b10-8-,16-14-,21-19-,22-20-,27-25-,28-26-,31-30-,34-33-,37-36-,40-39-,43-42-,47-45-,53-51-,59-57-. The lowest BCUT2D eigenvalue weighted by molar-refractivity contribution is -0.870. The number of hydrogen-bond donors (Lipinski definition) is 0. The van der Waals surface area contributed by atoms with Crippen LogP contribution in [0, 0.1) is 0 Å². The second kappa shape index (κ2) is 64.6. The third kappa shape index (κ3) is 66.0. The van der Waals surface area contributed by atoms with Crippen LogP contribution in [0.3, 0.4) is 0 Å². The zero-order chi connectivity index (χ0) is 61.9. The molecule has 478 valence electrons. The molecular formula is C76H121NO8. The van der Waals surface area contributed by atoms with Crippen molar-refractivity contribution in [1.82, 2.24) is 0 Å². The number of carbonyl (C=O) groups excluding carboxylic acids is 3. The molecular weight excluding hydrogens is 1050 g/mol. The normalized spacial score (nSPS) is 13.8. The molecule has 0 spiro atoms. The number of esters is 2. The summed E-state index contributed by atoms with van der Waals surface area (Å²) in [7, 11) is 5.90. The number of quaternary nitrogens is 1. The van der Waals surface area contributed by atoms with Crippen LogP contribution >= 0.6 is 0 Å². The van der Waals surface area contributed by atoms with Crippen LogP contribution < -0.4 is 5.11 Å². The number of aliphatic carboxylic acids is 1. The zero-order valence-corrected chi connectivity index (χ0v) is 54.4. The molecule has 0 aromatic rings. The molecule has 2 atom stereocenters. The largest absolute Gasteiger partial charge is 0.545 e. The van der Waals surface area contributed by atoms with Crippen LogP contribution in [0.15, 0.2) is 170 Å². The Balaban J connectivity index is 4.31. The minimum atomic E-state index is -1.65. The van der Waals surface area contributed by atoms with E-state index in [4.69, 9.17) is 18.9 Å². The van der Waals surface area contributed by atoms with Crippen LogP contribution in [-0.2, 0) is 33.3 Å². The number of rotatable bonds is 59. The first-order valence-electron chi connectivity index (χ1n) is 33.3. The van der Waals surface area contributed by atoms with E-state index in [1.54, 1.807) is 0 Å². The van der Waals surface area contributed by atoms with Gasteiger partial charge in [0.25, 0.3) is 0 Å². The van der Waals surface area contributed by atoms with Gasteiger partial charge in [0.05, 0.1) is 40.3 Å². The average Bonchev–Trinajstić information content (AvgIpc) is 3.49. The molecule has 85 heavy (non-hydrogen) atoms. The lowest BCUT2D eigenvalue weighted by Gasteiger charge is -2.26. The molecule has 0 bridgehead atoms. The number of unbranched alkanes of at least 4 members (excludes halogenated alkanes) is 16. The third-order valence-electron chi connectivity index (χ3n) is 13.4. The second-order valence-corrected chi connectivity index (χ2v) is 22.7. The highest BCUT2D eigenvalue weighted by Gasteiger charge is 2.22. The van der Waals surface area contributed by atoms with Gasteiger partial charge in [0.15, 0.2) is 12.4 Å². The van der Waals surface area contributed by atoms with Crippen LogP contribution in [0.4, 0.5) is 0 Å². The summed E-state index contributed by atoms with van der Waals surface area (Å²) < 4.78 is 22.7. The Morgan fingerprint density at radius 1 is 0.365 bits per heavy atom. The lowest BCUT2D eigenvalue weighted by Crippen LogP contribution is -2.44. The first-order valence-corrected chi connectivity index (χ1v) is 33.3. The number of allylic oxidation sites excluding steroid dienone is 28. The molecule has 0 heterocycles. The number of nitrogens with zero attached hydrogens (tertiary/aromatic N) is 1. The van der Waals surface area contributed by atoms with Crippen molar-refractivity contribution >= 4 is 17.9 Å². The molecule has 0 amide bonds. The highest BCUT2D eigenvalue weighted by Crippen LogP contribution is 2.14. The van der Waals surface area contributed by atoms with Gasteiger partial charge in [0, 0.05) is 12.8 Å². The molecule has 0 radical (unpaired) electrons. The summed E-state index contributed by atoms with van der Waals surface area (Å²) >= 11 is 0. The summed E-state index contributed by atoms with van der Waals surface area (Å²) in [6, 6.07) is 0. The fourth-order valence-corrected chi connectivity index (χ4v) is 8.37. The van der Waals surface area contributed by atoms with Gasteiger partial charge in [-0.05, 0) is 135 Å². The molecule has 0 aromatic heterocycles. The van der Waals surface area contributed by atoms with Crippen molar-refractivity contribution in [3.05, 3.63) is 170 Å². The summed E-state index contributed by atoms with van der Waals surface area (Å²) in [6.07, 6.45) is 94.2. The van der Waals surface area contributed by atoms with Gasteiger partial charge in [-0.3, -0.25) is 9.59 Å². The Hall–Kier alpha value is -5.35. The Kier molecular flexibility index (Phi) is 60.6. The van der Waals surface area contributed by atoms with Crippen molar-refractivity contribution in [3.63, 3.8) is 0 Å². The van der Waals surface area contributed by atoms with Gasteiger partial charge < -0.3 is 33.3 Å². The number of carboxylic acids is 1. The minimum absolute atomic E-state index is 0.129. The first kappa shape index (κ1) is 79.7.